The number of rotatable bonds is 7. The molecule has 0 aliphatic carbocycles. The number of aromatic nitrogens is 5. The van der Waals surface area contributed by atoms with Crippen molar-refractivity contribution < 1.29 is 14.6 Å². The number of aliphatic hydroxyl groups is 2. The van der Waals surface area contributed by atoms with Crippen LogP contribution in [0.25, 0.3) is 0 Å². The summed E-state index contributed by atoms with van der Waals surface area (Å²) in [6.07, 6.45) is 2.99. The van der Waals surface area contributed by atoms with E-state index in [1.807, 2.05) is 0 Å². The Labute approximate surface area is 158 Å². The molecule has 3 rings (SSSR count). The Morgan fingerprint density at radius 1 is 1.37 bits per heavy atom. The van der Waals surface area contributed by atoms with Crippen molar-refractivity contribution in [3.63, 3.8) is 0 Å². The predicted octanol–water partition coefficient (Wildman–Crippen LogP) is -0.325. The molecule has 0 aromatic carbocycles. The van der Waals surface area contributed by atoms with Crippen LogP contribution >= 0.6 is 11.8 Å². The molecule has 2 unspecified atom stereocenters. The smallest absolute Gasteiger partial charge is 0.332 e. The molecule has 0 saturated carbocycles. The van der Waals surface area contributed by atoms with Crippen molar-refractivity contribution in [3.8, 4) is 0 Å². The second-order valence-corrected chi connectivity index (χ2v) is 7.95. The van der Waals surface area contributed by atoms with Crippen LogP contribution in [0.4, 0.5) is 4.39 Å². The van der Waals surface area contributed by atoms with Crippen molar-refractivity contribution in [1.29, 1.82) is 0 Å². The number of hydrogen-bond donors (Lipinski definition) is 2. The van der Waals surface area contributed by atoms with E-state index in [0.29, 0.717) is 30.6 Å². The second kappa shape index (κ2) is 8.36. The Kier molecular flexibility index (Phi) is 6.12. The third-order valence-corrected chi connectivity index (χ3v) is 6.03. The molecule has 2 aromatic heterocycles. The number of hydrogen-bond acceptors (Lipinski definition) is 7. The average Bonchev–Trinajstić information content (AvgIpc) is 3.26. The van der Waals surface area contributed by atoms with Crippen LogP contribution in [0.5, 0.6) is 0 Å². The Balaban J connectivity index is 1.90. The summed E-state index contributed by atoms with van der Waals surface area (Å²) in [7, 11) is 0. The van der Waals surface area contributed by atoms with Gasteiger partial charge in [0.05, 0.1) is 42.8 Å². The van der Waals surface area contributed by atoms with Crippen LogP contribution in [0.15, 0.2) is 22.0 Å². The number of nitrogens with zero attached hydrogens (tertiary/aromatic N) is 5. The number of aliphatic hydroxyl groups excluding tert-OH is 2. The number of aryl methyl sites for hydroxylation is 2. The standard InChI is InChI=1S/C16H22FN5O4S/c1-10-6-21(14-5-12(24)13(9-23)27-14)16(26)22(15(10)25)8-11-7-20(19-18-11)4-2-3-17/h6-7,12-14,23-24H,2-5,8-9H2,1H3/t12?,13-,14?/m1/s1/i17-1. The van der Waals surface area contributed by atoms with Gasteiger partial charge in [-0.1, -0.05) is 5.21 Å². The molecule has 3 heterocycles. The normalized spacial score (nSPS) is 22.4. The molecular weight excluding hydrogens is 376 g/mol. The second-order valence-electron chi connectivity index (χ2n) is 6.52. The zero-order chi connectivity index (χ0) is 19.6. The molecular formula is C16H22FN5O4S. The highest BCUT2D eigenvalue weighted by Gasteiger charge is 2.35. The van der Waals surface area contributed by atoms with Gasteiger partial charge in [-0.2, -0.15) is 0 Å². The molecule has 1 fully saturated rings. The lowest BCUT2D eigenvalue weighted by Gasteiger charge is -2.16. The third-order valence-electron chi connectivity index (χ3n) is 4.49. The maximum atomic E-state index is 12.9. The summed E-state index contributed by atoms with van der Waals surface area (Å²) in [5.41, 5.74) is -0.108. The van der Waals surface area contributed by atoms with Crippen molar-refractivity contribution >= 4 is 11.8 Å². The van der Waals surface area contributed by atoms with Crippen LogP contribution in [0, 0.1) is 6.92 Å². The summed E-state index contributed by atoms with van der Waals surface area (Å²) >= 11 is 1.31. The first kappa shape index (κ1) is 19.8. The van der Waals surface area contributed by atoms with E-state index < -0.39 is 24.0 Å². The van der Waals surface area contributed by atoms with E-state index in [4.69, 9.17) is 0 Å². The molecule has 2 N–H and O–H groups in total. The highest BCUT2D eigenvalue weighted by molar-refractivity contribution is 8.00. The molecule has 0 bridgehead atoms. The van der Waals surface area contributed by atoms with Gasteiger partial charge >= 0.3 is 5.69 Å². The Morgan fingerprint density at radius 2 is 2.15 bits per heavy atom. The van der Waals surface area contributed by atoms with Gasteiger partial charge in [0.2, 0.25) is 0 Å². The van der Waals surface area contributed by atoms with Gasteiger partial charge in [-0.15, -0.1) is 16.9 Å². The zero-order valence-corrected chi connectivity index (χ0v) is 15.7. The molecule has 0 radical (unpaired) electrons. The monoisotopic (exact) mass is 398 g/mol. The summed E-state index contributed by atoms with van der Waals surface area (Å²) < 4.78 is 16.3. The summed E-state index contributed by atoms with van der Waals surface area (Å²) in [5.74, 6) is 0. The number of halogens is 1. The van der Waals surface area contributed by atoms with Crippen LogP contribution in [0.2, 0.25) is 0 Å². The topological polar surface area (TPSA) is 115 Å². The van der Waals surface area contributed by atoms with Gasteiger partial charge in [0.25, 0.3) is 5.56 Å². The molecule has 9 nitrogen and oxygen atoms in total. The van der Waals surface area contributed by atoms with E-state index in [1.54, 1.807) is 13.1 Å². The fourth-order valence-electron chi connectivity index (χ4n) is 3.06. The van der Waals surface area contributed by atoms with Crippen molar-refractivity contribution in [2.45, 2.75) is 49.6 Å². The predicted molar refractivity (Wildman–Crippen MR) is 97.5 cm³/mol. The number of alkyl halides is 1. The molecule has 3 atom stereocenters. The third kappa shape index (κ3) is 4.14. The lowest BCUT2D eigenvalue weighted by atomic mass is 10.2. The average molecular weight is 398 g/mol. The zero-order valence-electron chi connectivity index (χ0n) is 14.9. The molecule has 1 aliphatic heterocycles. The minimum Gasteiger partial charge on any atom is -0.395 e. The van der Waals surface area contributed by atoms with Gasteiger partial charge in [-0.3, -0.25) is 23.0 Å². The largest absolute Gasteiger partial charge is 0.395 e. The van der Waals surface area contributed by atoms with Gasteiger partial charge in [-0.25, -0.2) is 4.79 Å². The van der Waals surface area contributed by atoms with Crippen molar-refractivity contribution in [3.05, 3.63) is 44.5 Å². The van der Waals surface area contributed by atoms with Crippen molar-refractivity contribution in [2.75, 3.05) is 13.3 Å². The van der Waals surface area contributed by atoms with Gasteiger partial charge in [0.1, 0.15) is 5.69 Å². The fourth-order valence-corrected chi connectivity index (χ4v) is 4.43. The van der Waals surface area contributed by atoms with E-state index in [0.717, 1.165) is 4.57 Å². The fraction of sp³-hybridized carbons (Fsp3) is 0.625. The lowest BCUT2D eigenvalue weighted by molar-refractivity contribution is 0.137. The summed E-state index contributed by atoms with van der Waals surface area (Å²) in [6, 6.07) is 0. The Morgan fingerprint density at radius 3 is 2.81 bits per heavy atom. The van der Waals surface area contributed by atoms with Gasteiger partial charge in [0, 0.05) is 24.7 Å². The van der Waals surface area contributed by atoms with E-state index in [9.17, 15) is 24.2 Å². The Hall–Kier alpha value is -1.98. The highest BCUT2D eigenvalue weighted by Crippen LogP contribution is 2.40. The van der Waals surface area contributed by atoms with E-state index in [-0.39, 0.29) is 23.8 Å². The van der Waals surface area contributed by atoms with Crippen LogP contribution in [0.3, 0.4) is 0 Å². The van der Waals surface area contributed by atoms with Crippen molar-refractivity contribution in [2.24, 2.45) is 0 Å². The molecule has 0 amide bonds. The van der Waals surface area contributed by atoms with Gasteiger partial charge in [-0.05, 0) is 13.3 Å². The van der Waals surface area contributed by atoms with E-state index in [2.05, 4.69) is 10.3 Å². The number of thioether (sulfide) groups is 1. The molecule has 1 aliphatic rings. The summed E-state index contributed by atoms with van der Waals surface area (Å²) in [4.78, 5) is 25.4. The first-order chi connectivity index (χ1) is 12.9. The maximum absolute atomic E-state index is 12.9. The first-order valence-corrected chi connectivity index (χ1v) is 9.60. The molecule has 1 saturated heterocycles. The maximum Gasteiger partial charge on any atom is 0.332 e. The molecule has 27 heavy (non-hydrogen) atoms. The Bertz CT molecular complexity index is 911. The molecule has 148 valence electrons. The van der Waals surface area contributed by atoms with Crippen LogP contribution in [-0.2, 0) is 13.1 Å². The first-order valence-electron chi connectivity index (χ1n) is 8.66. The minimum absolute atomic E-state index is 0.0433. The van der Waals surface area contributed by atoms with Crippen LogP contribution in [0.1, 0.15) is 29.5 Å². The lowest BCUT2D eigenvalue weighted by Crippen LogP contribution is -2.41. The minimum atomic E-state index is -0.715. The SMILES string of the molecule is Cc1cn(C2CC(O)[C@@H](CO)S2)c(=O)n(Cc2cn(CCC[18F])nn2)c1=O. The quantitative estimate of drug-likeness (QED) is 0.656. The van der Waals surface area contributed by atoms with E-state index in [1.165, 1.54) is 27.2 Å². The van der Waals surface area contributed by atoms with Crippen molar-refractivity contribution in [1.82, 2.24) is 24.1 Å². The van der Waals surface area contributed by atoms with E-state index >= 15 is 0 Å². The molecule has 2 aromatic rings. The van der Waals surface area contributed by atoms with Crippen LogP contribution in [-0.4, -0.2) is 59.0 Å². The summed E-state index contributed by atoms with van der Waals surface area (Å²) in [5, 5.41) is 26.4. The summed E-state index contributed by atoms with van der Waals surface area (Å²) in [6.45, 7) is 1.30. The van der Waals surface area contributed by atoms with Gasteiger partial charge in [0.15, 0.2) is 0 Å². The molecule has 0 spiro atoms. The van der Waals surface area contributed by atoms with Gasteiger partial charge < -0.3 is 10.2 Å². The van der Waals surface area contributed by atoms with Crippen LogP contribution < -0.4 is 11.2 Å². The highest BCUT2D eigenvalue weighted by atomic mass is 32.2. The molecule has 11 heteroatoms.